The first kappa shape index (κ1) is 19.6. The summed E-state index contributed by atoms with van der Waals surface area (Å²) in [4.78, 5) is 28.5. The monoisotopic (exact) mass is 380 g/mol. The van der Waals surface area contributed by atoms with Gasteiger partial charge in [0.05, 0.1) is 24.3 Å². The Balaban J connectivity index is 1.69. The summed E-state index contributed by atoms with van der Waals surface area (Å²) in [6.07, 6.45) is 3.16. The molecule has 8 nitrogen and oxygen atoms in total. The predicted octanol–water partition coefficient (Wildman–Crippen LogP) is 1.48. The zero-order chi connectivity index (χ0) is 20.1. The summed E-state index contributed by atoms with van der Waals surface area (Å²) >= 11 is 0. The Morgan fingerprint density at radius 1 is 1.32 bits per heavy atom. The third-order valence-electron chi connectivity index (χ3n) is 4.81. The number of hydrogen-bond acceptors (Lipinski definition) is 5. The number of nitriles is 1. The van der Waals surface area contributed by atoms with Crippen molar-refractivity contribution in [1.29, 1.82) is 5.26 Å². The van der Waals surface area contributed by atoms with Gasteiger partial charge in [0.1, 0.15) is 11.6 Å². The number of nitrogens with one attached hydrogen (secondary N) is 1. The molecule has 28 heavy (non-hydrogen) atoms. The van der Waals surface area contributed by atoms with Gasteiger partial charge in [-0.25, -0.2) is 4.68 Å². The van der Waals surface area contributed by atoms with E-state index >= 15 is 0 Å². The lowest BCUT2D eigenvalue weighted by molar-refractivity contribution is -0.135. The van der Waals surface area contributed by atoms with Crippen LogP contribution in [0.3, 0.4) is 0 Å². The Morgan fingerprint density at radius 2 is 2.07 bits per heavy atom. The molecular weight excluding hydrogens is 356 g/mol. The number of benzene rings is 1. The molecule has 2 amide bonds. The minimum atomic E-state index is -0.230. The standard InChI is InChI=1S/C20H24N6O2/c1-24(2)20(28)15-7-6-10-25(13-15)14-18(27)23-19-16(11-21)12-22-26(19)17-8-4-3-5-9-17/h3-5,8-9,12,15H,6-7,10,13-14H2,1-2H3,(H,23,27). The van der Waals surface area contributed by atoms with Crippen LogP contribution < -0.4 is 5.32 Å². The molecule has 1 atom stereocenters. The van der Waals surface area contributed by atoms with Crippen LogP contribution in [0.2, 0.25) is 0 Å². The van der Waals surface area contributed by atoms with Crippen LogP contribution in [0.25, 0.3) is 5.69 Å². The molecular formula is C20H24N6O2. The summed E-state index contributed by atoms with van der Waals surface area (Å²) in [5.41, 5.74) is 1.06. The number of likely N-dealkylation sites (tertiary alicyclic amines) is 1. The fraction of sp³-hybridized carbons (Fsp3) is 0.400. The molecule has 1 aromatic carbocycles. The van der Waals surface area contributed by atoms with Gasteiger partial charge in [0.25, 0.3) is 0 Å². The minimum absolute atomic E-state index is 0.0823. The third-order valence-corrected chi connectivity index (χ3v) is 4.81. The second-order valence-electron chi connectivity index (χ2n) is 7.12. The van der Waals surface area contributed by atoms with Gasteiger partial charge in [-0.05, 0) is 31.5 Å². The molecule has 0 radical (unpaired) electrons. The molecule has 2 heterocycles. The first-order valence-corrected chi connectivity index (χ1v) is 9.26. The van der Waals surface area contributed by atoms with Gasteiger partial charge in [0.2, 0.25) is 11.8 Å². The van der Waals surface area contributed by atoms with E-state index < -0.39 is 0 Å². The summed E-state index contributed by atoms with van der Waals surface area (Å²) in [6, 6.07) is 11.4. The van der Waals surface area contributed by atoms with Gasteiger partial charge < -0.3 is 10.2 Å². The Kier molecular flexibility index (Phi) is 6.06. The molecule has 1 N–H and O–H groups in total. The van der Waals surface area contributed by atoms with E-state index in [0.717, 1.165) is 25.1 Å². The number of anilines is 1. The molecule has 0 bridgehead atoms. The largest absolute Gasteiger partial charge is 0.349 e. The Bertz CT molecular complexity index is 884. The second kappa shape index (κ2) is 8.67. The molecule has 0 aliphatic carbocycles. The molecule has 146 valence electrons. The average Bonchev–Trinajstić information content (AvgIpc) is 3.10. The van der Waals surface area contributed by atoms with Crippen LogP contribution in [0.4, 0.5) is 5.82 Å². The number of carbonyl (C=O) groups excluding carboxylic acids is 2. The average molecular weight is 380 g/mol. The number of aromatic nitrogens is 2. The first-order valence-electron chi connectivity index (χ1n) is 9.26. The third kappa shape index (κ3) is 4.38. The number of hydrogen-bond donors (Lipinski definition) is 1. The maximum Gasteiger partial charge on any atom is 0.239 e. The Morgan fingerprint density at radius 3 is 2.75 bits per heavy atom. The Hall–Kier alpha value is -3.18. The van der Waals surface area contributed by atoms with Gasteiger partial charge in [0.15, 0.2) is 5.82 Å². The number of nitrogens with zero attached hydrogens (tertiary/aromatic N) is 5. The van der Waals surface area contributed by atoms with Crippen molar-refractivity contribution in [3.8, 4) is 11.8 Å². The lowest BCUT2D eigenvalue weighted by Crippen LogP contribution is -2.45. The highest BCUT2D eigenvalue weighted by atomic mass is 16.2. The zero-order valence-electron chi connectivity index (χ0n) is 16.1. The smallest absolute Gasteiger partial charge is 0.239 e. The van der Waals surface area contributed by atoms with Crippen LogP contribution >= 0.6 is 0 Å². The molecule has 1 saturated heterocycles. The topological polar surface area (TPSA) is 94.3 Å². The number of rotatable bonds is 5. The van der Waals surface area contributed by atoms with Crippen molar-refractivity contribution in [2.24, 2.45) is 5.92 Å². The van der Waals surface area contributed by atoms with Crippen LogP contribution in [-0.2, 0) is 9.59 Å². The lowest BCUT2D eigenvalue weighted by atomic mass is 9.97. The summed E-state index contributed by atoms with van der Waals surface area (Å²) < 4.78 is 1.55. The van der Waals surface area contributed by atoms with E-state index in [1.165, 1.54) is 6.20 Å². The van der Waals surface area contributed by atoms with Crippen LogP contribution in [0.5, 0.6) is 0 Å². The van der Waals surface area contributed by atoms with E-state index in [1.54, 1.807) is 23.7 Å². The van der Waals surface area contributed by atoms with Gasteiger partial charge in [-0.1, -0.05) is 18.2 Å². The van der Waals surface area contributed by atoms with Crippen molar-refractivity contribution >= 4 is 17.6 Å². The molecule has 0 saturated carbocycles. The molecule has 0 spiro atoms. The minimum Gasteiger partial charge on any atom is -0.349 e. The molecule has 1 aliphatic rings. The molecule has 3 rings (SSSR count). The van der Waals surface area contributed by atoms with Crippen molar-refractivity contribution in [3.63, 3.8) is 0 Å². The van der Waals surface area contributed by atoms with Crippen molar-refractivity contribution in [2.45, 2.75) is 12.8 Å². The quantitative estimate of drug-likeness (QED) is 0.848. The number of piperidine rings is 1. The molecule has 2 aromatic rings. The van der Waals surface area contributed by atoms with Crippen LogP contribution in [-0.4, -0.2) is 65.1 Å². The van der Waals surface area contributed by atoms with Gasteiger partial charge in [-0.3, -0.25) is 14.5 Å². The lowest BCUT2D eigenvalue weighted by Gasteiger charge is -2.32. The number of carbonyl (C=O) groups is 2. The first-order chi connectivity index (χ1) is 13.5. The maximum absolute atomic E-state index is 12.6. The number of amides is 2. The summed E-state index contributed by atoms with van der Waals surface area (Å²) in [5, 5.41) is 16.4. The van der Waals surface area contributed by atoms with Crippen molar-refractivity contribution < 1.29 is 9.59 Å². The second-order valence-corrected chi connectivity index (χ2v) is 7.12. The predicted molar refractivity (Wildman–Crippen MR) is 105 cm³/mol. The van der Waals surface area contributed by atoms with Crippen molar-refractivity contribution in [3.05, 3.63) is 42.1 Å². The van der Waals surface area contributed by atoms with Gasteiger partial charge in [-0.15, -0.1) is 0 Å². The molecule has 1 aromatic heterocycles. The van der Waals surface area contributed by atoms with E-state index in [1.807, 2.05) is 35.2 Å². The highest BCUT2D eigenvalue weighted by Gasteiger charge is 2.28. The van der Waals surface area contributed by atoms with Crippen molar-refractivity contribution in [1.82, 2.24) is 19.6 Å². The summed E-state index contributed by atoms with van der Waals surface area (Å²) in [5.74, 6) is 0.142. The molecule has 8 heteroatoms. The molecule has 1 unspecified atom stereocenters. The van der Waals surface area contributed by atoms with Crippen LogP contribution in [0.1, 0.15) is 18.4 Å². The summed E-state index contributed by atoms with van der Waals surface area (Å²) in [7, 11) is 3.50. The van der Waals surface area contributed by atoms with E-state index in [2.05, 4.69) is 16.5 Å². The zero-order valence-corrected chi connectivity index (χ0v) is 16.1. The normalized spacial score (nSPS) is 17.0. The maximum atomic E-state index is 12.6. The van der Waals surface area contributed by atoms with Gasteiger partial charge in [0, 0.05) is 20.6 Å². The Labute approximate surface area is 164 Å². The SMILES string of the molecule is CN(C)C(=O)C1CCCN(CC(=O)Nc2c(C#N)cnn2-c2ccccc2)C1. The van der Waals surface area contributed by atoms with Crippen molar-refractivity contribution in [2.75, 3.05) is 39.0 Å². The van der Waals surface area contributed by atoms with Crippen LogP contribution in [0, 0.1) is 17.2 Å². The van der Waals surface area contributed by atoms with E-state index in [0.29, 0.717) is 17.9 Å². The highest BCUT2D eigenvalue weighted by Crippen LogP contribution is 2.21. The fourth-order valence-corrected chi connectivity index (χ4v) is 3.46. The van der Waals surface area contributed by atoms with E-state index in [-0.39, 0.29) is 24.3 Å². The van der Waals surface area contributed by atoms with E-state index in [9.17, 15) is 14.9 Å². The summed E-state index contributed by atoms with van der Waals surface area (Å²) in [6.45, 7) is 1.50. The molecule has 1 aliphatic heterocycles. The fourth-order valence-electron chi connectivity index (χ4n) is 3.46. The number of para-hydroxylation sites is 1. The van der Waals surface area contributed by atoms with Crippen LogP contribution in [0.15, 0.2) is 36.5 Å². The van der Waals surface area contributed by atoms with Gasteiger partial charge >= 0.3 is 0 Å². The highest BCUT2D eigenvalue weighted by molar-refractivity contribution is 5.93. The molecule has 1 fully saturated rings. The van der Waals surface area contributed by atoms with E-state index in [4.69, 9.17) is 0 Å². The van der Waals surface area contributed by atoms with Gasteiger partial charge in [-0.2, -0.15) is 10.4 Å².